The van der Waals surface area contributed by atoms with Gasteiger partial charge in [0.05, 0.1) is 13.0 Å². The third-order valence-corrected chi connectivity index (χ3v) is 7.19. The molecule has 7 nitrogen and oxygen atoms in total. The second-order valence-electron chi connectivity index (χ2n) is 10.4. The maximum atomic E-state index is 13.3. The number of piperidine rings is 1. The molecule has 0 N–H and O–H groups in total. The van der Waals surface area contributed by atoms with Crippen molar-refractivity contribution in [2.24, 2.45) is 0 Å². The van der Waals surface area contributed by atoms with Gasteiger partial charge in [-0.2, -0.15) is 0 Å². The molecule has 2 saturated heterocycles. The van der Waals surface area contributed by atoms with Gasteiger partial charge in [-0.05, 0) is 75.3 Å². The van der Waals surface area contributed by atoms with Crippen molar-refractivity contribution >= 4 is 17.5 Å². The minimum absolute atomic E-state index is 0.151. The highest BCUT2D eigenvalue weighted by molar-refractivity contribution is 6.30. The highest BCUT2D eigenvalue weighted by Crippen LogP contribution is 2.28. The van der Waals surface area contributed by atoms with E-state index in [2.05, 4.69) is 21.9 Å². The van der Waals surface area contributed by atoms with Gasteiger partial charge < -0.3 is 24.0 Å². The fourth-order valence-electron chi connectivity index (χ4n) is 4.92. The minimum atomic E-state index is -0.716. The van der Waals surface area contributed by atoms with Gasteiger partial charge in [0.2, 0.25) is 5.91 Å². The molecule has 0 saturated carbocycles. The molecule has 2 fully saturated rings. The number of hydrogen-bond acceptors (Lipinski definition) is 6. The summed E-state index contributed by atoms with van der Waals surface area (Å²) in [7, 11) is 4.08. The molecule has 4 rings (SSSR count). The smallest absolute Gasteiger partial charge is 0.225 e. The Hall–Kier alpha value is -2.32. The first-order valence-corrected chi connectivity index (χ1v) is 13.7. The lowest BCUT2D eigenvalue weighted by atomic mass is 9.95. The Bertz CT molecular complexity index is 997. The number of halogens is 1. The van der Waals surface area contributed by atoms with Crippen LogP contribution >= 0.6 is 11.6 Å². The Kier molecular flexibility index (Phi) is 10.1. The fourth-order valence-corrected chi connectivity index (χ4v) is 5.04. The molecule has 8 heteroatoms. The molecule has 2 aromatic rings. The van der Waals surface area contributed by atoms with Crippen LogP contribution in [0.15, 0.2) is 48.5 Å². The van der Waals surface area contributed by atoms with Crippen LogP contribution in [0, 0.1) is 0 Å². The quantitative estimate of drug-likeness (QED) is 0.432. The van der Waals surface area contributed by atoms with E-state index < -0.39 is 5.60 Å². The Balaban J connectivity index is 1.44. The second-order valence-corrected chi connectivity index (χ2v) is 10.8. The van der Waals surface area contributed by atoms with Crippen molar-refractivity contribution in [3.63, 3.8) is 0 Å². The van der Waals surface area contributed by atoms with Gasteiger partial charge in [0.15, 0.2) is 0 Å². The first kappa shape index (κ1) is 27.7. The number of benzene rings is 2. The third-order valence-electron chi connectivity index (χ3n) is 6.94. The lowest BCUT2D eigenvalue weighted by Gasteiger charge is -2.43. The van der Waals surface area contributed by atoms with Gasteiger partial charge in [0.1, 0.15) is 30.3 Å². The van der Waals surface area contributed by atoms with E-state index in [4.69, 9.17) is 25.8 Å². The van der Waals surface area contributed by atoms with Gasteiger partial charge in [-0.1, -0.05) is 23.7 Å². The van der Waals surface area contributed by atoms with Gasteiger partial charge in [0, 0.05) is 44.3 Å². The second kappa shape index (κ2) is 13.5. The lowest BCUT2D eigenvalue weighted by Crippen LogP contribution is -2.57. The molecule has 0 spiro atoms. The van der Waals surface area contributed by atoms with E-state index in [1.807, 2.05) is 55.4 Å². The van der Waals surface area contributed by atoms with Crippen molar-refractivity contribution in [3.8, 4) is 11.5 Å². The molecule has 37 heavy (non-hydrogen) atoms. The molecule has 0 aromatic heterocycles. The monoisotopic (exact) mass is 529 g/mol. The molecule has 2 aliphatic heterocycles. The summed E-state index contributed by atoms with van der Waals surface area (Å²) < 4.78 is 18.5. The van der Waals surface area contributed by atoms with Crippen LogP contribution < -0.4 is 9.47 Å². The predicted octanol–water partition coefficient (Wildman–Crippen LogP) is 4.33. The number of hydrogen-bond donors (Lipinski definition) is 0. The molecular formula is C29H40ClN3O4. The van der Waals surface area contributed by atoms with Crippen LogP contribution in [0.4, 0.5) is 0 Å². The summed E-state index contributed by atoms with van der Waals surface area (Å²) in [5.41, 5.74) is 0.464. The summed E-state index contributed by atoms with van der Waals surface area (Å²) in [6, 6.07) is 15.6. The molecule has 0 radical (unpaired) electrons. The Morgan fingerprint density at radius 2 is 1.81 bits per heavy atom. The number of carbonyl (C=O) groups excluding carboxylic acids is 1. The van der Waals surface area contributed by atoms with E-state index in [1.54, 1.807) is 0 Å². The van der Waals surface area contributed by atoms with E-state index in [-0.39, 0.29) is 5.91 Å². The van der Waals surface area contributed by atoms with Crippen molar-refractivity contribution in [2.45, 2.75) is 37.8 Å². The number of likely N-dealkylation sites (N-methyl/N-ethyl adjacent to an activating group) is 1. The number of likely N-dealkylation sites (tertiary alicyclic amines) is 1. The van der Waals surface area contributed by atoms with Crippen molar-refractivity contribution in [1.82, 2.24) is 14.7 Å². The zero-order valence-electron chi connectivity index (χ0n) is 22.2. The third kappa shape index (κ3) is 8.60. The first-order chi connectivity index (χ1) is 17.9. The van der Waals surface area contributed by atoms with Gasteiger partial charge in [-0.25, -0.2) is 0 Å². The first-order valence-electron chi connectivity index (χ1n) is 13.3. The summed E-state index contributed by atoms with van der Waals surface area (Å²) in [5, 5.41) is 0.662. The van der Waals surface area contributed by atoms with Gasteiger partial charge in [-0.15, -0.1) is 0 Å². The number of morpholine rings is 1. The molecule has 1 atom stereocenters. The minimum Gasteiger partial charge on any atom is -0.492 e. The summed E-state index contributed by atoms with van der Waals surface area (Å²) >= 11 is 6.04. The molecule has 2 heterocycles. The number of amides is 1. The Labute approximate surface area is 226 Å². The van der Waals surface area contributed by atoms with Gasteiger partial charge >= 0.3 is 0 Å². The SMILES string of the molecule is CN(C)CCOc1cccc(CN2CCO[C@@](COc3ccc(Cl)cc3)(CC(=O)N3CCCCC3)C2)c1. The summed E-state index contributed by atoms with van der Waals surface area (Å²) in [5.74, 6) is 1.75. The highest BCUT2D eigenvalue weighted by atomic mass is 35.5. The summed E-state index contributed by atoms with van der Waals surface area (Å²) in [6.07, 6.45) is 3.64. The highest BCUT2D eigenvalue weighted by Gasteiger charge is 2.41. The van der Waals surface area contributed by atoms with Gasteiger partial charge in [0.25, 0.3) is 0 Å². The maximum absolute atomic E-state index is 13.3. The predicted molar refractivity (Wildman–Crippen MR) is 146 cm³/mol. The average molecular weight is 530 g/mol. The van der Waals surface area contributed by atoms with Crippen LogP contribution in [0.3, 0.4) is 0 Å². The van der Waals surface area contributed by atoms with E-state index >= 15 is 0 Å². The molecule has 0 aliphatic carbocycles. The molecule has 0 bridgehead atoms. The molecule has 0 unspecified atom stereocenters. The lowest BCUT2D eigenvalue weighted by molar-refractivity contribution is -0.157. The van der Waals surface area contributed by atoms with Crippen LogP contribution in [0.5, 0.6) is 11.5 Å². The number of carbonyl (C=O) groups is 1. The molecule has 2 aliphatic rings. The van der Waals surface area contributed by atoms with E-state index in [0.717, 1.165) is 57.1 Å². The topological polar surface area (TPSA) is 54.5 Å². The van der Waals surface area contributed by atoms with Crippen LogP contribution in [-0.4, -0.2) is 92.8 Å². The fraction of sp³-hybridized carbons (Fsp3) is 0.552. The van der Waals surface area contributed by atoms with Crippen LogP contribution in [0.1, 0.15) is 31.2 Å². The molecule has 2 aromatic carbocycles. The summed E-state index contributed by atoms with van der Waals surface area (Å²) in [4.78, 5) is 19.8. The zero-order valence-corrected chi connectivity index (χ0v) is 22.9. The van der Waals surface area contributed by atoms with Crippen molar-refractivity contribution in [1.29, 1.82) is 0 Å². The number of nitrogens with zero attached hydrogens (tertiary/aromatic N) is 3. The standard InChI is InChI=1S/C29H40ClN3O4/c1-31(2)15-17-35-27-8-6-7-24(19-27)21-32-16-18-37-29(22-32,20-28(34)33-13-4-3-5-14-33)23-36-26-11-9-25(30)10-12-26/h6-12,19H,3-5,13-18,20-23H2,1-2H3/t29-/m0/s1. The molecular weight excluding hydrogens is 490 g/mol. The number of ether oxygens (including phenoxy) is 3. The Morgan fingerprint density at radius 1 is 1.03 bits per heavy atom. The van der Waals surface area contributed by atoms with E-state index in [9.17, 15) is 4.79 Å². The largest absolute Gasteiger partial charge is 0.492 e. The maximum Gasteiger partial charge on any atom is 0.225 e. The molecule has 1 amide bonds. The van der Waals surface area contributed by atoms with E-state index in [0.29, 0.717) is 37.8 Å². The van der Waals surface area contributed by atoms with Crippen molar-refractivity contribution in [2.75, 3.05) is 66.6 Å². The van der Waals surface area contributed by atoms with Crippen LogP contribution in [0.25, 0.3) is 0 Å². The summed E-state index contributed by atoms with van der Waals surface area (Å²) in [6.45, 7) is 6.21. The van der Waals surface area contributed by atoms with Crippen LogP contribution in [-0.2, 0) is 16.1 Å². The molecule has 202 valence electrons. The zero-order chi connectivity index (χ0) is 26.1. The van der Waals surface area contributed by atoms with Crippen molar-refractivity contribution < 1.29 is 19.0 Å². The van der Waals surface area contributed by atoms with Gasteiger partial charge in [-0.3, -0.25) is 9.69 Å². The average Bonchev–Trinajstić information content (AvgIpc) is 2.89. The Morgan fingerprint density at radius 3 is 2.57 bits per heavy atom. The van der Waals surface area contributed by atoms with Crippen molar-refractivity contribution in [3.05, 3.63) is 59.1 Å². The number of rotatable bonds is 11. The normalized spacial score (nSPS) is 20.7. The van der Waals surface area contributed by atoms with E-state index in [1.165, 1.54) is 12.0 Å². The van der Waals surface area contributed by atoms with Crippen LogP contribution in [0.2, 0.25) is 5.02 Å².